The van der Waals surface area contributed by atoms with Crippen LogP contribution >= 0.6 is 0 Å². The van der Waals surface area contributed by atoms with Crippen LogP contribution in [0, 0.1) is 20.8 Å². The van der Waals surface area contributed by atoms with Gasteiger partial charge in [-0.25, -0.2) is 0 Å². The third kappa shape index (κ3) is 1.83. The summed E-state index contributed by atoms with van der Waals surface area (Å²) in [6.45, 7) is 8.85. The summed E-state index contributed by atoms with van der Waals surface area (Å²) in [5, 5.41) is 5.66. The Morgan fingerprint density at radius 1 is 0.684 bits per heavy atom. The molecule has 0 saturated carbocycles. The van der Waals surface area contributed by atoms with Crippen LogP contribution in [0.5, 0.6) is 0 Å². The van der Waals surface area contributed by atoms with E-state index < -0.39 is 0 Å². The summed E-state index contributed by atoms with van der Waals surface area (Å²) in [6, 6.07) is 13.7. The van der Waals surface area contributed by atoms with E-state index in [4.69, 9.17) is 0 Å². The monoisotopic (exact) mass is 248 g/mol. The van der Waals surface area contributed by atoms with Crippen molar-refractivity contribution in [1.29, 1.82) is 0 Å². The summed E-state index contributed by atoms with van der Waals surface area (Å²) in [5.74, 6) is 0. The summed E-state index contributed by atoms with van der Waals surface area (Å²) in [5.41, 5.74) is 5.57. The first-order valence-electron chi connectivity index (χ1n) is 7.04. The predicted molar refractivity (Wildman–Crippen MR) is 85.0 cm³/mol. The molecule has 0 N–H and O–H groups in total. The summed E-state index contributed by atoms with van der Waals surface area (Å²) in [7, 11) is 0. The molecule has 3 aromatic carbocycles. The Hall–Kier alpha value is -1.82. The zero-order valence-corrected chi connectivity index (χ0v) is 12.2. The largest absolute Gasteiger partial charge is 0.0612 e. The highest BCUT2D eigenvalue weighted by molar-refractivity contribution is 6.06. The van der Waals surface area contributed by atoms with E-state index in [2.05, 4.69) is 64.1 Å². The second kappa shape index (κ2) is 4.38. The molecule has 0 nitrogen and oxygen atoms in total. The van der Waals surface area contributed by atoms with Gasteiger partial charge in [-0.2, -0.15) is 0 Å². The Kier molecular flexibility index (Phi) is 2.82. The Balaban J connectivity index is 2.60. The van der Waals surface area contributed by atoms with E-state index in [0.29, 0.717) is 0 Å². The van der Waals surface area contributed by atoms with Crippen LogP contribution in [0.3, 0.4) is 0 Å². The third-order valence-electron chi connectivity index (χ3n) is 4.16. The molecule has 0 fully saturated rings. The molecule has 0 aliphatic heterocycles. The van der Waals surface area contributed by atoms with Gasteiger partial charge in [0, 0.05) is 0 Å². The third-order valence-corrected chi connectivity index (χ3v) is 4.16. The highest BCUT2D eigenvalue weighted by Crippen LogP contribution is 2.33. The van der Waals surface area contributed by atoms with Gasteiger partial charge in [0.05, 0.1) is 0 Å². The van der Waals surface area contributed by atoms with Crippen molar-refractivity contribution in [3.05, 3.63) is 58.7 Å². The summed E-state index contributed by atoms with van der Waals surface area (Å²) < 4.78 is 0. The summed E-state index contributed by atoms with van der Waals surface area (Å²) in [6.07, 6.45) is 1.08. The molecule has 0 bridgehead atoms. The molecular weight excluding hydrogens is 228 g/mol. The maximum Gasteiger partial charge on any atom is -0.0140 e. The van der Waals surface area contributed by atoms with Gasteiger partial charge in [-0.1, -0.05) is 54.4 Å². The number of benzene rings is 3. The molecule has 0 spiro atoms. The normalized spacial score (nSPS) is 11.4. The van der Waals surface area contributed by atoms with Gasteiger partial charge in [0.15, 0.2) is 0 Å². The molecule has 3 aromatic rings. The van der Waals surface area contributed by atoms with E-state index in [1.54, 1.807) is 0 Å². The Labute approximate surface area is 115 Å². The zero-order valence-electron chi connectivity index (χ0n) is 12.2. The highest BCUT2D eigenvalue weighted by Gasteiger charge is 2.10. The lowest BCUT2D eigenvalue weighted by molar-refractivity contribution is 1.17. The molecule has 3 rings (SSSR count). The quantitative estimate of drug-likeness (QED) is 0.500. The number of hydrogen-bond donors (Lipinski definition) is 0. The minimum atomic E-state index is 1.08. The van der Waals surface area contributed by atoms with Crippen LogP contribution in [0.25, 0.3) is 21.5 Å². The van der Waals surface area contributed by atoms with Gasteiger partial charge in [0.1, 0.15) is 0 Å². The van der Waals surface area contributed by atoms with Crippen molar-refractivity contribution in [1.82, 2.24) is 0 Å². The van der Waals surface area contributed by atoms with Crippen LogP contribution in [0.1, 0.15) is 29.2 Å². The lowest BCUT2D eigenvalue weighted by Gasteiger charge is -2.14. The van der Waals surface area contributed by atoms with E-state index in [0.717, 1.165) is 6.42 Å². The summed E-state index contributed by atoms with van der Waals surface area (Å²) >= 11 is 0. The molecule has 0 aliphatic carbocycles. The lowest BCUT2D eigenvalue weighted by atomic mass is 9.90. The van der Waals surface area contributed by atoms with Gasteiger partial charge in [0.25, 0.3) is 0 Å². The van der Waals surface area contributed by atoms with Crippen LogP contribution < -0.4 is 0 Å². The molecule has 0 atom stereocenters. The molecule has 0 heterocycles. The first-order chi connectivity index (χ1) is 9.11. The molecule has 0 unspecified atom stereocenters. The van der Waals surface area contributed by atoms with E-state index in [1.165, 1.54) is 43.8 Å². The van der Waals surface area contributed by atoms with Crippen LogP contribution in [-0.2, 0) is 6.42 Å². The highest BCUT2D eigenvalue weighted by atomic mass is 14.1. The fourth-order valence-corrected chi connectivity index (χ4v) is 3.14. The molecular formula is C19H20. The van der Waals surface area contributed by atoms with Crippen LogP contribution in [0.2, 0.25) is 0 Å². The van der Waals surface area contributed by atoms with E-state index in [-0.39, 0.29) is 0 Å². The van der Waals surface area contributed by atoms with Gasteiger partial charge in [-0.05, 0) is 59.9 Å². The molecule has 96 valence electrons. The first kappa shape index (κ1) is 12.2. The van der Waals surface area contributed by atoms with Crippen molar-refractivity contribution in [3.8, 4) is 0 Å². The molecule has 19 heavy (non-hydrogen) atoms. The van der Waals surface area contributed by atoms with Crippen molar-refractivity contribution in [2.45, 2.75) is 34.1 Å². The predicted octanol–water partition coefficient (Wildman–Crippen LogP) is 5.48. The van der Waals surface area contributed by atoms with Gasteiger partial charge in [-0.3, -0.25) is 0 Å². The Bertz CT molecular complexity index is 779. The number of rotatable bonds is 1. The standard InChI is InChI=1S/C19H20/c1-5-15-17-9-7-12(2)10-18(17)14(4)16-8-6-13(3)11-19(15)16/h6-11H,5H2,1-4H3. The van der Waals surface area contributed by atoms with Gasteiger partial charge < -0.3 is 0 Å². The SMILES string of the molecule is CCc1c2ccc(C)cc2c(C)c2ccc(C)cc12. The average Bonchev–Trinajstić information content (AvgIpc) is 2.40. The van der Waals surface area contributed by atoms with Crippen LogP contribution in [0.15, 0.2) is 36.4 Å². The Morgan fingerprint density at radius 2 is 1.26 bits per heavy atom. The first-order valence-corrected chi connectivity index (χ1v) is 7.04. The van der Waals surface area contributed by atoms with Crippen molar-refractivity contribution in [2.75, 3.05) is 0 Å². The van der Waals surface area contributed by atoms with Crippen LogP contribution in [0.4, 0.5) is 0 Å². The van der Waals surface area contributed by atoms with Gasteiger partial charge in [0.2, 0.25) is 0 Å². The summed E-state index contributed by atoms with van der Waals surface area (Å²) in [4.78, 5) is 0. The lowest BCUT2D eigenvalue weighted by Crippen LogP contribution is -1.92. The molecule has 0 aliphatic rings. The van der Waals surface area contributed by atoms with E-state index in [1.807, 2.05) is 0 Å². The average molecular weight is 248 g/mol. The van der Waals surface area contributed by atoms with Crippen LogP contribution in [-0.4, -0.2) is 0 Å². The molecule has 0 aromatic heterocycles. The molecule has 0 heteroatoms. The fourth-order valence-electron chi connectivity index (χ4n) is 3.14. The minimum Gasteiger partial charge on any atom is -0.0612 e. The van der Waals surface area contributed by atoms with E-state index >= 15 is 0 Å². The fraction of sp³-hybridized carbons (Fsp3) is 0.263. The topological polar surface area (TPSA) is 0 Å². The second-order valence-electron chi connectivity index (χ2n) is 5.56. The van der Waals surface area contributed by atoms with E-state index in [9.17, 15) is 0 Å². The zero-order chi connectivity index (χ0) is 13.6. The van der Waals surface area contributed by atoms with Crippen molar-refractivity contribution < 1.29 is 0 Å². The number of hydrogen-bond acceptors (Lipinski definition) is 0. The minimum absolute atomic E-state index is 1.08. The van der Waals surface area contributed by atoms with Gasteiger partial charge >= 0.3 is 0 Å². The van der Waals surface area contributed by atoms with Gasteiger partial charge in [-0.15, -0.1) is 0 Å². The smallest absolute Gasteiger partial charge is 0.0140 e. The maximum atomic E-state index is 2.33. The molecule has 0 radical (unpaired) electrons. The number of fused-ring (bicyclic) bond motifs is 2. The Morgan fingerprint density at radius 3 is 1.89 bits per heavy atom. The van der Waals surface area contributed by atoms with Crippen molar-refractivity contribution >= 4 is 21.5 Å². The molecule has 0 amide bonds. The van der Waals surface area contributed by atoms with Crippen molar-refractivity contribution in [2.24, 2.45) is 0 Å². The maximum absolute atomic E-state index is 2.33. The molecule has 0 saturated heterocycles. The van der Waals surface area contributed by atoms with Crippen molar-refractivity contribution in [3.63, 3.8) is 0 Å². The number of aryl methyl sites for hydroxylation is 4. The second-order valence-corrected chi connectivity index (χ2v) is 5.56.